The van der Waals surface area contributed by atoms with Crippen LogP contribution < -0.4 is 27.7 Å². The topological polar surface area (TPSA) is 15.7 Å². The molecule has 0 radical (unpaired) electrons. The summed E-state index contributed by atoms with van der Waals surface area (Å²) in [5.74, 6) is 2.04. The zero-order chi connectivity index (χ0) is 44.0. The number of hydrogen-bond donors (Lipinski definition) is 0. The maximum atomic E-state index is 7.39. The van der Waals surface area contributed by atoms with Gasteiger partial charge >= 0.3 is 347 Å². The third kappa shape index (κ3) is 4.72. The van der Waals surface area contributed by atoms with Crippen molar-refractivity contribution in [2.24, 2.45) is 0 Å². The number of fused-ring (bicyclic) bond motifs is 12. The number of anilines is 6. The monoisotopic (exact) mass is 918 g/mol. The molecular formula is C63H44GeN2O. The standard InChI is InChI=1S/C63H44GeN2O/c1-2-3-36-64-60-53-28-16-29-54(60)66(44-20-8-5-9-21-44)56-38-42(39-58(62(56)64)67-57-31-17-30-55(61(57)64)65(53)43-18-6-4-7-19-43)40-32-34-45-41(37-40)33-35-49-48-24-12-15-27-52(48)63(59(45)49)50-25-13-10-22-46(50)47-23-11-14-26-51(47)63/h4-35,37-39H,2-3,36H2,1H3. The Labute approximate surface area is 393 Å². The van der Waals surface area contributed by atoms with Crippen molar-refractivity contribution in [1.82, 2.24) is 0 Å². The summed E-state index contributed by atoms with van der Waals surface area (Å²) in [6.45, 7) is 2.35. The first kappa shape index (κ1) is 37.6. The molecule has 4 heteroatoms. The minimum atomic E-state index is -3.52. The normalized spacial score (nSPS) is 16.6. The van der Waals surface area contributed by atoms with Crippen LogP contribution in [0.3, 0.4) is 0 Å². The first-order valence-corrected chi connectivity index (χ1v) is 28.5. The number of hydrogen-bond acceptors (Lipinski definition) is 3. The molecule has 3 heterocycles. The second kappa shape index (κ2) is 13.7. The van der Waals surface area contributed by atoms with Crippen LogP contribution in [0.1, 0.15) is 42.0 Å². The molecule has 0 N–H and O–H groups in total. The SMILES string of the molecule is CCC[CH2][Ge]12[c]3c4cccc3N(c3ccccc3)c3cccc([c]31)N(c1ccccc1)c1cc(-c3ccc5c6c(ccc5c3)-c3ccccc3C63c5ccccc5-c5ccccc53)cc([c]12)O4. The van der Waals surface area contributed by atoms with Crippen LogP contribution in [0.4, 0.5) is 34.1 Å². The number of benzene rings is 10. The number of para-hydroxylation sites is 2. The number of rotatable bonds is 6. The first-order valence-electron chi connectivity index (χ1n) is 23.9. The zero-order valence-electron chi connectivity index (χ0n) is 37.1. The van der Waals surface area contributed by atoms with Crippen molar-refractivity contribution in [3.8, 4) is 44.9 Å². The Kier molecular flexibility index (Phi) is 7.70. The van der Waals surface area contributed by atoms with Crippen LogP contribution in [-0.2, 0) is 5.41 Å². The third-order valence-corrected chi connectivity index (χ3v) is 26.7. The molecule has 3 aliphatic heterocycles. The molecule has 0 bridgehead atoms. The van der Waals surface area contributed by atoms with Crippen LogP contribution in [0, 0.1) is 0 Å². The molecule has 1 spiro atoms. The Morgan fingerprint density at radius 1 is 0.433 bits per heavy atom. The van der Waals surface area contributed by atoms with E-state index in [2.05, 4.69) is 229 Å². The van der Waals surface area contributed by atoms with E-state index in [9.17, 15) is 0 Å². The van der Waals surface area contributed by atoms with Crippen molar-refractivity contribution in [2.75, 3.05) is 9.80 Å². The number of nitrogens with zero attached hydrogens (tertiary/aromatic N) is 2. The Morgan fingerprint density at radius 3 is 1.63 bits per heavy atom. The van der Waals surface area contributed by atoms with E-state index in [1.807, 2.05) is 0 Å². The molecule has 1 atom stereocenters. The van der Waals surface area contributed by atoms with Crippen molar-refractivity contribution >= 4 is 71.4 Å². The quantitative estimate of drug-likeness (QED) is 0.155. The zero-order valence-corrected chi connectivity index (χ0v) is 39.2. The molecule has 10 aromatic rings. The summed E-state index contributed by atoms with van der Waals surface area (Å²) < 4.78 is 11.8. The third-order valence-electron chi connectivity index (χ3n) is 15.8. The molecule has 0 aromatic heterocycles. The van der Waals surface area contributed by atoms with Crippen LogP contribution in [-0.4, -0.2) is 13.3 Å². The molecule has 3 nitrogen and oxygen atoms in total. The van der Waals surface area contributed by atoms with E-state index in [4.69, 9.17) is 4.74 Å². The maximum absolute atomic E-state index is 7.39. The molecular weight excluding hydrogens is 873 g/mol. The predicted molar refractivity (Wildman–Crippen MR) is 279 cm³/mol. The van der Waals surface area contributed by atoms with Gasteiger partial charge < -0.3 is 0 Å². The minimum absolute atomic E-state index is 0.409. The van der Waals surface area contributed by atoms with Crippen molar-refractivity contribution in [1.29, 1.82) is 0 Å². The second-order valence-corrected chi connectivity index (χ2v) is 26.9. The Bertz CT molecular complexity index is 3680. The van der Waals surface area contributed by atoms with Gasteiger partial charge in [0.2, 0.25) is 0 Å². The fourth-order valence-electron chi connectivity index (χ4n) is 13.4. The van der Waals surface area contributed by atoms with Crippen molar-refractivity contribution < 1.29 is 4.74 Å². The second-order valence-electron chi connectivity index (χ2n) is 19.0. The van der Waals surface area contributed by atoms with Gasteiger partial charge in [-0.15, -0.1) is 0 Å². The summed E-state index contributed by atoms with van der Waals surface area (Å²) in [6, 6.07) is 80.1. The van der Waals surface area contributed by atoms with Gasteiger partial charge in [0, 0.05) is 0 Å². The van der Waals surface area contributed by atoms with E-state index in [-0.39, 0.29) is 0 Å². The van der Waals surface area contributed by atoms with Crippen molar-refractivity contribution in [2.45, 2.75) is 30.4 Å². The molecule has 1 unspecified atom stereocenters. The van der Waals surface area contributed by atoms with Crippen LogP contribution >= 0.6 is 0 Å². The molecule has 15 rings (SSSR count). The van der Waals surface area contributed by atoms with Gasteiger partial charge in [0.25, 0.3) is 0 Å². The molecule has 67 heavy (non-hydrogen) atoms. The summed E-state index contributed by atoms with van der Waals surface area (Å²) >= 11 is -3.52. The molecule has 5 aliphatic rings. The number of unbranched alkanes of at least 4 members (excludes halogenated alkanes) is 1. The first-order chi connectivity index (χ1) is 33.2. The summed E-state index contributed by atoms with van der Waals surface area (Å²) in [4.78, 5) is 5.08. The van der Waals surface area contributed by atoms with Gasteiger partial charge in [0.1, 0.15) is 0 Å². The molecule has 0 fully saturated rings. The summed E-state index contributed by atoms with van der Waals surface area (Å²) in [5, 5.41) is 3.70. The molecule has 316 valence electrons. The number of ether oxygens (including phenoxy) is 1. The van der Waals surface area contributed by atoms with E-state index in [0.717, 1.165) is 35.3 Å². The van der Waals surface area contributed by atoms with Gasteiger partial charge in [-0.05, 0) is 0 Å². The fourth-order valence-corrected chi connectivity index (χ4v) is 26.0. The van der Waals surface area contributed by atoms with E-state index in [0.29, 0.717) is 0 Å². The Hall–Kier alpha value is -7.60. The van der Waals surface area contributed by atoms with Crippen LogP contribution in [0.5, 0.6) is 11.5 Å². The molecule has 2 aliphatic carbocycles. The van der Waals surface area contributed by atoms with Gasteiger partial charge in [-0.2, -0.15) is 0 Å². The summed E-state index contributed by atoms with van der Waals surface area (Å²) in [6.07, 6.45) is 2.30. The Morgan fingerprint density at radius 2 is 0.985 bits per heavy atom. The van der Waals surface area contributed by atoms with Crippen LogP contribution in [0.15, 0.2) is 212 Å². The summed E-state index contributed by atoms with van der Waals surface area (Å²) in [5.41, 5.74) is 20.2. The molecule has 0 saturated carbocycles. The summed E-state index contributed by atoms with van der Waals surface area (Å²) in [7, 11) is 0. The molecule has 0 amide bonds. The van der Waals surface area contributed by atoms with E-state index < -0.39 is 18.7 Å². The van der Waals surface area contributed by atoms with Gasteiger partial charge in [-0.1, -0.05) is 48.5 Å². The molecule has 10 aromatic carbocycles. The van der Waals surface area contributed by atoms with Crippen molar-refractivity contribution in [3.05, 3.63) is 235 Å². The van der Waals surface area contributed by atoms with E-state index in [1.54, 1.807) is 0 Å². The fraction of sp³-hybridized carbons (Fsp3) is 0.0794. The van der Waals surface area contributed by atoms with Crippen LogP contribution in [0.2, 0.25) is 5.25 Å². The van der Waals surface area contributed by atoms with E-state index in [1.165, 1.54) is 108 Å². The van der Waals surface area contributed by atoms with Gasteiger partial charge in [0.05, 0.1) is 0 Å². The van der Waals surface area contributed by atoms with Crippen molar-refractivity contribution in [3.63, 3.8) is 0 Å². The van der Waals surface area contributed by atoms with Gasteiger partial charge in [-0.25, -0.2) is 0 Å². The van der Waals surface area contributed by atoms with Gasteiger partial charge in [0.15, 0.2) is 0 Å². The Balaban J connectivity index is 0.985. The van der Waals surface area contributed by atoms with E-state index >= 15 is 0 Å². The predicted octanol–water partition coefficient (Wildman–Crippen LogP) is 14.8. The van der Waals surface area contributed by atoms with Crippen LogP contribution in [0.25, 0.3) is 44.2 Å². The molecule has 0 saturated heterocycles. The average Bonchev–Trinajstić information content (AvgIpc) is 3.86. The average molecular weight is 918 g/mol. The van der Waals surface area contributed by atoms with Gasteiger partial charge in [-0.3, -0.25) is 0 Å².